The van der Waals surface area contributed by atoms with E-state index in [4.69, 9.17) is 28.4 Å². The van der Waals surface area contributed by atoms with Gasteiger partial charge in [0.05, 0.1) is 45.2 Å². The van der Waals surface area contributed by atoms with Crippen LogP contribution in [0.4, 0.5) is 11.4 Å². The Labute approximate surface area is 302 Å². The summed E-state index contributed by atoms with van der Waals surface area (Å²) in [5, 5.41) is 1.09. The molecule has 1 heterocycles. The molecule has 3 aromatic carbocycles. The third-order valence-electron chi connectivity index (χ3n) is 8.10. The van der Waals surface area contributed by atoms with Gasteiger partial charge in [-0.1, -0.05) is 36.4 Å². The minimum Gasteiger partial charge on any atom is -0.488 e. The number of carbonyl (C=O) groups excluding carboxylic acids is 4. The number of nitrogens with zero attached hydrogens (tertiary/aromatic N) is 3. The molecule has 0 spiro atoms. The van der Waals surface area contributed by atoms with E-state index in [1.165, 1.54) is 38.2 Å². The zero-order chi connectivity index (χ0) is 37.6. The highest BCUT2D eigenvalue weighted by molar-refractivity contribution is 5.89. The summed E-state index contributed by atoms with van der Waals surface area (Å²) in [6.45, 7) is 1.11. The van der Waals surface area contributed by atoms with Gasteiger partial charge in [0.15, 0.2) is 6.20 Å². The normalized spacial score (nSPS) is 10.8. The van der Waals surface area contributed by atoms with Crippen molar-refractivity contribution in [3.8, 4) is 11.5 Å². The number of carbonyl (C=O) groups is 4. The summed E-state index contributed by atoms with van der Waals surface area (Å²) in [4.78, 5) is 52.2. The smallest absolute Gasteiger partial charge is 0.325 e. The lowest BCUT2D eigenvalue weighted by Gasteiger charge is -2.26. The van der Waals surface area contributed by atoms with Crippen molar-refractivity contribution in [3.05, 3.63) is 89.6 Å². The van der Waals surface area contributed by atoms with Gasteiger partial charge in [0.25, 0.3) is 0 Å². The molecule has 0 fully saturated rings. The van der Waals surface area contributed by atoms with Gasteiger partial charge in [0.1, 0.15) is 57.9 Å². The Morgan fingerprint density at radius 2 is 1.13 bits per heavy atom. The molecule has 0 radical (unpaired) electrons. The Bertz CT molecular complexity index is 1890. The highest BCUT2D eigenvalue weighted by atomic mass is 16.5. The number of hydrogen-bond donors (Lipinski definition) is 0. The molecule has 4 rings (SSSR count). The van der Waals surface area contributed by atoms with E-state index in [0.717, 1.165) is 27.6 Å². The van der Waals surface area contributed by atoms with E-state index < -0.39 is 23.9 Å². The third-order valence-corrected chi connectivity index (χ3v) is 8.10. The summed E-state index contributed by atoms with van der Waals surface area (Å²) in [5.41, 5.74) is 4.74. The van der Waals surface area contributed by atoms with Crippen LogP contribution in [-0.2, 0) is 45.2 Å². The summed E-state index contributed by atoms with van der Waals surface area (Å²) in [7, 11) is 7.07. The fraction of sp³-hybridized carbons (Fsp3) is 0.308. The molecule has 1 aromatic heterocycles. The van der Waals surface area contributed by atoms with Crippen LogP contribution in [0.3, 0.4) is 0 Å². The van der Waals surface area contributed by atoms with Crippen LogP contribution in [0.25, 0.3) is 23.1 Å². The number of anilines is 2. The van der Waals surface area contributed by atoms with Crippen LogP contribution in [0, 0.1) is 6.92 Å². The zero-order valence-electron chi connectivity index (χ0n) is 30.2. The van der Waals surface area contributed by atoms with Gasteiger partial charge in [-0.3, -0.25) is 19.2 Å². The summed E-state index contributed by atoms with van der Waals surface area (Å²) in [6.07, 6.45) is 5.97. The molecule has 0 aliphatic heterocycles. The summed E-state index contributed by atoms with van der Waals surface area (Å²) >= 11 is 0. The highest BCUT2D eigenvalue weighted by Gasteiger charge is 2.22. The Kier molecular flexibility index (Phi) is 14.0. The fourth-order valence-corrected chi connectivity index (χ4v) is 5.37. The molecular weight excluding hydrogens is 670 g/mol. The van der Waals surface area contributed by atoms with Crippen molar-refractivity contribution < 1.29 is 52.2 Å². The van der Waals surface area contributed by atoms with Crippen molar-refractivity contribution in [2.45, 2.75) is 6.92 Å². The van der Waals surface area contributed by atoms with E-state index in [1.54, 1.807) is 18.2 Å². The second-order valence-electron chi connectivity index (χ2n) is 11.6. The van der Waals surface area contributed by atoms with E-state index in [9.17, 15) is 19.2 Å². The van der Waals surface area contributed by atoms with Crippen molar-refractivity contribution in [1.82, 2.24) is 0 Å². The van der Waals surface area contributed by atoms with E-state index >= 15 is 0 Å². The first-order valence-corrected chi connectivity index (χ1v) is 16.4. The number of aromatic nitrogens is 1. The number of ether oxygens (including phenoxy) is 6. The number of esters is 4. The van der Waals surface area contributed by atoms with Crippen LogP contribution in [0.2, 0.25) is 0 Å². The minimum atomic E-state index is -0.554. The van der Waals surface area contributed by atoms with Gasteiger partial charge in [-0.05, 0) is 53.9 Å². The van der Waals surface area contributed by atoms with Gasteiger partial charge < -0.3 is 38.2 Å². The lowest BCUT2D eigenvalue weighted by Crippen LogP contribution is -2.36. The van der Waals surface area contributed by atoms with Crippen molar-refractivity contribution in [3.63, 3.8) is 0 Å². The number of pyridine rings is 1. The number of methoxy groups -OCH3 is 4. The molecule has 13 nitrogen and oxygen atoms in total. The third kappa shape index (κ3) is 10.5. The van der Waals surface area contributed by atoms with Gasteiger partial charge >= 0.3 is 23.9 Å². The second kappa shape index (κ2) is 18.8. The van der Waals surface area contributed by atoms with Gasteiger partial charge in [-0.2, -0.15) is 0 Å². The first-order chi connectivity index (χ1) is 25.1. The van der Waals surface area contributed by atoms with Crippen LogP contribution in [0.15, 0.2) is 72.9 Å². The van der Waals surface area contributed by atoms with Crippen molar-refractivity contribution >= 4 is 58.3 Å². The highest BCUT2D eigenvalue weighted by Crippen LogP contribution is 2.32. The molecule has 52 heavy (non-hydrogen) atoms. The molecule has 4 aromatic rings. The van der Waals surface area contributed by atoms with Crippen LogP contribution in [-0.4, -0.2) is 91.7 Å². The largest absolute Gasteiger partial charge is 0.488 e. The quantitative estimate of drug-likeness (QED) is 0.0680. The molecule has 274 valence electrons. The Morgan fingerprint density at radius 1 is 0.635 bits per heavy atom. The van der Waals surface area contributed by atoms with E-state index in [2.05, 4.69) is 16.7 Å². The topological polar surface area (TPSA) is 134 Å². The predicted octanol–water partition coefficient (Wildman–Crippen LogP) is 3.91. The van der Waals surface area contributed by atoms with Gasteiger partial charge in [-0.15, -0.1) is 0 Å². The lowest BCUT2D eigenvalue weighted by molar-refractivity contribution is -0.644. The molecule has 0 bridgehead atoms. The predicted molar refractivity (Wildman–Crippen MR) is 195 cm³/mol. The number of fused-ring (bicyclic) bond motifs is 1. The molecular formula is C39H44N3O10+. The monoisotopic (exact) mass is 714 g/mol. The maximum absolute atomic E-state index is 12.4. The summed E-state index contributed by atoms with van der Waals surface area (Å²) < 4.78 is 33.9. The number of hydrogen-bond acceptors (Lipinski definition) is 12. The zero-order valence-corrected chi connectivity index (χ0v) is 30.2. The summed E-state index contributed by atoms with van der Waals surface area (Å²) in [5.74, 6) is -1.40. The molecule has 0 saturated carbocycles. The first-order valence-electron chi connectivity index (χ1n) is 16.4. The first kappa shape index (κ1) is 38.7. The van der Waals surface area contributed by atoms with E-state index in [1.807, 2.05) is 68.7 Å². The van der Waals surface area contributed by atoms with Crippen molar-refractivity contribution in [2.24, 2.45) is 7.05 Å². The van der Waals surface area contributed by atoms with Crippen molar-refractivity contribution in [2.75, 3.05) is 77.6 Å². The average Bonchev–Trinajstić information content (AvgIpc) is 3.15. The number of para-hydroxylation sites is 1. The molecule has 0 atom stereocenters. The minimum absolute atomic E-state index is 0.0473. The Hall–Kier alpha value is -6.11. The van der Waals surface area contributed by atoms with Gasteiger partial charge in [0.2, 0.25) is 5.52 Å². The second-order valence-corrected chi connectivity index (χ2v) is 11.6. The molecule has 0 amide bonds. The Balaban J connectivity index is 1.63. The maximum atomic E-state index is 12.4. The summed E-state index contributed by atoms with van der Waals surface area (Å²) in [6, 6.07) is 21.0. The average molecular weight is 715 g/mol. The molecule has 0 saturated heterocycles. The number of aryl methyl sites for hydroxylation is 2. The van der Waals surface area contributed by atoms with Gasteiger partial charge in [0, 0.05) is 12.1 Å². The van der Waals surface area contributed by atoms with Crippen LogP contribution in [0.1, 0.15) is 16.7 Å². The van der Waals surface area contributed by atoms with E-state index in [-0.39, 0.29) is 39.4 Å². The fourth-order valence-electron chi connectivity index (χ4n) is 5.37. The SMILES string of the molecule is COC(=O)CN(CC(=O)OC)c1ccc(C)cc1OCCOc1cc(/C=C/c2cc[n+](C)c3ccccc23)ccc1N(CC(=O)OC)CC(=O)OC. The van der Waals surface area contributed by atoms with Crippen LogP contribution in [0.5, 0.6) is 11.5 Å². The molecule has 0 unspecified atom stereocenters. The molecule has 0 aliphatic rings. The van der Waals surface area contributed by atoms with E-state index in [0.29, 0.717) is 22.9 Å². The molecule has 0 aliphatic carbocycles. The molecule has 0 N–H and O–H groups in total. The van der Waals surface area contributed by atoms with Crippen molar-refractivity contribution in [1.29, 1.82) is 0 Å². The number of benzene rings is 3. The Morgan fingerprint density at radius 3 is 1.67 bits per heavy atom. The lowest BCUT2D eigenvalue weighted by atomic mass is 10.1. The van der Waals surface area contributed by atoms with Crippen LogP contribution >= 0.6 is 0 Å². The number of rotatable bonds is 17. The van der Waals surface area contributed by atoms with Gasteiger partial charge in [-0.25, -0.2) is 4.57 Å². The maximum Gasteiger partial charge on any atom is 0.325 e. The standard InChI is InChI=1S/C39H44N3O10/c1-27-11-15-32(41(23-36(43)47-3)24-37(44)48-4)34(21-27)51-19-20-52-35-22-28(12-14-29-17-18-40(2)31-10-8-7-9-30(29)31)13-16-33(35)42(25-38(45)49-5)26-39(46)50-6/h7-18,21-22H,19-20,23-26H2,1-6H3/q+1. The molecule has 13 heteroatoms. The van der Waals surface area contributed by atoms with Crippen LogP contribution < -0.4 is 23.8 Å².